The van der Waals surface area contributed by atoms with Crippen LogP contribution in [0, 0.1) is 17.2 Å². The van der Waals surface area contributed by atoms with Crippen molar-refractivity contribution < 1.29 is 9.90 Å². The number of carbonyl (C=O) groups is 1. The number of carbonyl (C=O) groups excluding carboxylic acids is 1. The van der Waals surface area contributed by atoms with E-state index in [4.69, 9.17) is 28.5 Å². The highest BCUT2D eigenvalue weighted by Gasteiger charge is 2.37. The van der Waals surface area contributed by atoms with Crippen LogP contribution in [0.2, 0.25) is 10.0 Å². The summed E-state index contributed by atoms with van der Waals surface area (Å²) in [5.41, 5.74) is 1.05. The maximum atomic E-state index is 13.1. The third-order valence-corrected chi connectivity index (χ3v) is 5.04. The number of nitrogens with one attached hydrogen (secondary N) is 1. The SMILES string of the molecule is CC(C)C[C@@H]1N=C(Nc2ccc(C#N)cc2O)N(c2cccc(Cl)c2Cl)C1=O. The molecule has 2 aromatic carbocycles. The Morgan fingerprint density at radius 1 is 1.32 bits per heavy atom. The Hall–Kier alpha value is -2.75. The molecule has 1 amide bonds. The molecule has 0 saturated heterocycles. The van der Waals surface area contributed by atoms with Crippen molar-refractivity contribution in [2.45, 2.75) is 26.3 Å². The summed E-state index contributed by atoms with van der Waals surface area (Å²) >= 11 is 12.5. The molecule has 3 rings (SSSR count). The van der Waals surface area contributed by atoms with Gasteiger partial charge in [-0.05, 0) is 42.7 Å². The zero-order valence-corrected chi connectivity index (χ0v) is 16.8. The molecule has 1 heterocycles. The van der Waals surface area contributed by atoms with Crippen LogP contribution in [0.3, 0.4) is 0 Å². The molecular formula is C20H18Cl2N4O2. The number of phenolic OH excluding ortho intramolecular Hbond substituents is 1. The van der Waals surface area contributed by atoms with Gasteiger partial charge in [0.1, 0.15) is 11.8 Å². The highest BCUT2D eigenvalue weighted by molar-refractivity contribution is 6.45. The van der Waals surface area contributed by atoms with E-state index in [-0.39, 0.29) is 28.6 Å². The topological polar surface area (TPSA) is 88.7 Å². The van der Waals surface area contributed by atoms with Gasteiger partial charge in [0.25, 0.3) is 5.91 Å². The monoisotopic (exact) mass is 416 g/mol. The summed E-state index contributed by atoms with van der Waals surface area (Å²) in [4.78, 5) is 18.9. The molecule has 2 aromatic rings. The van der Waals surface area contributed by atoms with Gasteiger partial charge in [-0.25, -0.2) is 9.89 Å². The predicted molar refractivity (Wildman–Crippen MR) is 111 cm³/mol. The van der Waals surface area contributed by atoms with Gasteiger partial charge in [0.05, 0.1) is 33.1 Å². The summed E-state index contributed by atoms with van der Waals surface area (Å²) in [6.45, 7) is 4.02. The number of halogens is 2. The maximum Gasteiger partial charge on any atom is 0.258 e. The van der Waals surface area contributed by atoms with Crippen molar-refractivity contribution in [1.29, 1.82) is 5.26 Å². The van der Waals surface area contributed by atoms with E-state index in [9.17, 15) is 9.90 Å². The number of benzene rings is 2. The van der Waals surface area contributed by atoms with Crippen LogP contribution in [0.5, 0.6) is 5.75 Å². The summed E-state index contributed by atoms with van der Waals surface area (Å²) < 4.78 is 0. The first-order chi connectivity index (χ1) is 13.3. The van der Waals surface area contributed by atoms with E-state index in [1.54, 1.807) is 30.3 Å². The molecule has 1 aliphatic heterocycles. The standard InChI is InChI=1S/C20H18Cl2N4O2/c1-11(2)8-15-19(28)26(16-5-3-4-13(21)18(16)22)20(25-15)24-14-7-6-12(10-23)9-17(14)27/h3-7,9,11,15,27H,8H2,1-2H3,(H,24,25)/t15-/m0/s1. The van der Waals surface area contributed by atoms with E-state index in [2.05, 4.69) is 10.3 Å². The van der Waals surface area contributed by atoms with Gasteiger partial charge in [0, 0.05) is 0 Å². The maximum absolute atomic E-state index is 13.1. The Kier molecular flexibility index (Phi) is 5.78. The fourth-order valence-corrected chi connectivity index (χ4v) is 3.31. The number of aromatic hydroxyl groups is 1. The molecule has 0 aliphatic carbocycles. The van der Waals surface area contributed by atoms with Crippen LogP contribution in [0.15, 0.2) is 41.4 Å². The zero-order chi connectivity index (χ0) is 20.4. The van der Waals surface area contributed by atoms with E-state index in [1.165, 1.54) is 11.0 Å². The summed E-state index contributed by atoms with van der Waals surface area (Å²) in [7, 11) is 0. The summed E-state index contributed by atoms with van der Waals surface area (Å²) in [5.74, 6) is 0.143. The number of nitrogens with zero attached hydrogens (tertiary/aromatic N) is 3. The van der Waals surface area contributed by atoms with Gasteiger partial charge in [0.2, 0.25) is 5.96 Å². The third kappa shape index (κ3) is 3.91. The second-order valence-corrected chi connectivity index (χ2v) is 7.60. The lowest BCUT2D eigenvalue weighted by Gasteiger charge is -2.22. The molecule has 8 heteroatoms. The van der Waals surface area contributed by atoms with Gasteiger partial charge >= 0.3 is 0 Å². The lowest BCUT2D eigenvalue weighted by Crippen LogP contribution is -2.39. The van der Waals surface area contributed by atoms with E-state index in [1.807, 2.05) is 19.9 Å². The van der Waals surface area contributed by atoms with Crippen LogP contribution in [0.1, 0.15) is 25.8 Å². The molecule has 1 aliphatic rings. The minimum absolute atomic E-state index is 0.126. The smallest absolute Gasteiger partial charge is 0.258 e. The summed E-state index contributed by atoms with van der Waals surface area (Å²) in [5, 5.41) is 22.7. The van der Waals surface area contributed by atoms with Crippen LogP contribution in [-0.4, -0.2) is 23.0 Å². The van der Waals surface area contributed by atoms with Crippen molar-refractivity contribution >= 4 is 46.4 Å². The van der Waals surface area contributed by atoms with Crippen molar-refractivity contribution in [1.82, 2.24) is 0 Å². The first-order valence-electron chi connectivity index (χ1n) is 8.67. The molecule has 1 atom stereocenters. The Morgan fingerprint density at radius 2 is 2.07 bits per heavy atom. The molecule has 0 spiro atoms. The first-order valence-corrected chi connectivity index (χ1v) is 9.43. The van der Waals surface area contributed by atoms with Crippen LogP contribution >= 0.6 is 23.2 Å². The number of rotatable bonds is 4. The van der Waals surface area contributed by atoms with E-state index < -0.39 is 6.04 Å². The van der Waals surface area contributed by atoms with Gasteiger partial charge in [-0.3, -0.25) is 4.79 Å². The Labute approximate surface area is 173 Å². The number of phenols is 1. The van der Waals surface area contributed by atoms with Gasteiger partial charge in [-0.15, -0.1) is 0 Å². The molecule has 2 N–H and O–H groups in total. The van der Waals surface area contributed by atoms with E-state index in [0.717, 1.165) is 0 Å². The Morgan fingerprint density at radius 3 is 2.71 bits per heavy atom. The zero-order valence-electron chi connectivity index (χ0n) is 15.3. The van der Waals surface area contributed by atoms with E-state index >= 15 is 0 Å². The fourth-order valence-electron chi connectivity index (χ4n) is 2.93. The average Bonchev–Trinajstić information content (AvgIpc) is 2.94. The van der Waals surface area contributed by atoms with Crippen LogP contribution in [0.4, 0.5) is 11.4 Å². The van der Waals surface area contributed by atoms with E-state index in [0.29, 0.717) is 28.4 Å². The van der Waals surface area contributed by atoms with Crippen molar-refractivity contribution in [3.8, 4) is 11.8 Å². The normalized spacial score (nSPS) is 16.3. The molecular weight excluding hydrogens is 399 g/mol. The molecule has 6 nitrogen and oxygen atoms in total. The number of nitriles is 1. The number of anilines is 2. The minimum Gasteiger partial charge on any atom is -0.506 e. The highest BCUT2D eigenvalue weighted by Crippen LogP contribution is 2.36. The van der Waals surface area contributed by atoms with Crippen LogP contribution in [0.25, 0.3) is 0 Å². The van der Waals surface area contributed by atoms with Gasteiger partial charge < -0.3 is 10.4 Å². The molecule has 0 fully saturated rings. The number of guanidine groups is 1. The second-order valence-electron chi connectivity index (χ2n) is 6.81. The van der Waals surface area contributed by atoms with Crippen molar-refractivity contribution in [2.24, 2.45) is 10.9 Å². The summed E-state index contributed by atoms with van der Waals surface area (Å²) in [6, 6.07) is 10.8. The second kappa shape index (κ2) is 8.09. The molecule has 28 heavy (non-hydrogen) atoms. The van der Waals surface area contributed by atoms with Crippen LogP contribution < -0.4 is 10.2 Å². The number of aliphatic imine (C=N–C) groups is 1. The largest absolute Gasteiger partial charge is 0.506 e. The van der Waals surface area contributed by atoms with Crippen LogP contribution in [-0.2, 0) is 4.79 Å². The predicted octanol–water partition coefficient (Wildman–Crippen LogP) is 4.80. The molecule has 0 aromatic heterocycles. The molecule has 0 bridgehead atoms. The molecule has 0 radical (unpaired) electrons. The van der Waals surface area contributed by atoms with Crippen molar-refractivity contribution in [2.75, 3.05) is 10.2 Å². The van der Waals surface area contributed by atoms with Crippen molar-refractivity contribution in [3.05, 3.63) is 52.0 Å². The third-order valence-electron chi connectivity index (χ3n) is 4.24. The fraction of sp³-hybridized carbons (Fsp3) is 0.250. The molecule has 0 unspecified atom stereocenters. The first kappa shape index (κ1) is 20.0. The molecule has 0 saturated carbocycles. The van der Waals surface area contributed by atoms with Gasteiger partial charge in [0.15, 0.2) is 0 Å². The minimum atomic E-state index is -0.571. The van der Waals surface area contributed by atoms with Gasteiger partial charge in [-0.2, -0.15) is 5.26 Å². The summed E-state index contributed by atoms with van der Waals surface area (Å²) in [6.07, 6.45) is 0.568. The Bertz CT molecular complexity index is 998. The quantitative estimate of drug-likeness (QED) is 0.700. The lowest BCUT2D eigenvalue weighted by atomic mass is 10.0. The molecule has 144 valence electrons. The lowest BCUT2D eigenvalue weighted by molar-refractivity contribution is -0.118. The highest BCUT2D eigenvalue weighted by atomic mass is 35.5. The number of amides is 1. The van der Waals surface area contributed by atoms with Gasteiger partial charge in [-0.1, -0.05) is 43.1 Å². The number of hydrogen-bond acceptors (Lipinski definition) is 5. The Balaban J connectivity index is 2.02. The number of hydrogen-bond donors (Lipinski definition) is 2. The average molecular weight is 417 g/mol. The van der Waals surface area contributed by atoms with Crippen molar-refractivity contribution in [3.63, 3.8) is 0 Å².